The third kappa shape index (κ3) is 8.67. The third-order valence-corrected chi connectivity index (χ3v) is 12.2. The SMILES string of the molecule is COCO[C@H]1CC[C@](C)(C2CC[C@]3(C)[C@@H]([C@@H](CCCCCCC(C)(C)C)CO[SiH](C)C)CC[C@H]3C2=O)[C@@H](C(=O)O)C1. The Morgan fingerprint density at radius 1 is 1.00 bits per heavy atom. The Labute approximate surface area is 252 Å². The first kappa shape index (κ1) is 34.7. The standard InChI is InChI=1S/C34H62O6Si/c1-32(2,3)18-12-10-9-11-13-24(22-40-41(7)8)26-14-15-27-30(35)28(17-20-33(26,27)4)34(5)19-16-25(39-23-38-6)21-29(34)31(36)37/h24-29,41H,9-23H2,1-8H3,(H,36,37)/t24-,25-,26+,27-,28?,29+,33+,34+/m0/s1. The Kier molecular flexibility index (Phi) is 12.5. The number of ketones is 1. The summed E-state index contributed by atoms with van der Waals surface area (Å²) >= 11 is 0. The maximum absolute atomic E-state index is 14.3. The van der Waals surface area contributed by atoms with Crippen LogP contribution in [0.2, 0.25) is 13.1 Å². The lowest BCUT2D eigenvalue weighted by molar-refractivity contribution is -0.167. The highest BCUT2D eigenvalue weighted by Gasteiger charge is 2.60. The van der Waals surface area contributed by atoms with Gasteiger partial charge in [0.15, 0.2) is 9.04 Å². The van der Waals surface area contributed by atoms with Gasteiger partial charge in [0.25, 0.3) is 0 Å². The fourth-order valence-electron chi connectivity index (χ4n) is 8.90. The van der Waals surface area contributed by atoms with Crippen LogP contribution in [0.5, 0.6) is 0 Å². The molecular formula is C34H62O6Si. The average Bonchev–Trinajstić information content (AvgIpc) is 3.24. The Morgan fingerprint density at radius 3 is 2.29 bits per heavy atom. The van der Waals surface area contributed by atoms with Gasteiger partial charge in [0.1, 0.15) is 12.6 Å². The van der Waals surface area contributed by atoms with E-state index in [4.69, 9.17) is 13.9 Å². The third-order valence-electron chi connectivity index (χ3n) is 11.3. The number of ether oxygens (including phenoxy) is 2. The van der Waals surface area contributed by atoms with Gasteiger partial charge in [0.2, 0.25) is 0 Å². The van der Waals surface area contributed by atoms with E-state index >= 15 is 0 Å². The van der Waals surface area contributed by atoms with E-state index in [0.29, 0.717) is 35.9 Å². The van der Waals surface area contributed by atoms with E-state index in [1.165, 1.54) is 38.5 Å². The normalized spacial score (nSPS) is 35.0. The van der Waals surface area contributed by atoms with E-state index in [-0.39, 0.29) is 30.1 Å². The van der Waals surface area contributed by atoms with Gasteiger partial charge in [-0.05, 0) is 99.0 Å². The lowest BCUT2D eigenvalue weighted by atomic mass is 9.51. The van der Waals surface area contributed by atoms with E-state index in [1.807, 2.05) is 0 Å². The molecule has 7 heteroatoms. The van der Waals surface area contributed by atoms with Crippen LogP contribution in [-0.2, 0) is 23.5 Å². The minimum atomic E-state index is -1.12. The molecule has 3 rings (SSSR count). The van der Waals surface area contributed by atoms with Crippen molar-refractivity contribution in [3.63, 3.8) is 0 Å². The summed E-state index contributed by atoms with van der Waals surface area (Å²) in [6, 6.07) is 0. The van der Waals surface area contributed by atoms with E-state index in [9.17, 15) is 14.7 Å². The quantitative estimate of drug-likeness (QED) is 0.118. The van der Waals surface area contributed by atoms with Crippen LogP contribution < -0.4 is 0 Å². The molecule has 238 valence electrons. The summed E-state index contributed by atoms with van der Waals surface area (Å²) in [6.45, 7) is 17.0. The molecule has 0 aromatic heterocycles. The lowest BCUT2D eigenvalue weighted by Crippen LogP contribution is -2.53. The second-order valence-corrected chi connectivity index (χ2v) is 18.2. The van der Waals surface area contributed by atoms with Crippen molar-refractivity contribution in [2.24, 2.45) is 45.8 Å². The van der Waals surface area contributed by atoms with Crippen molar-refractivity contribution in [2.75, 3.05) is 20.5 Å². The second kappa shape index (κ2) is 14.8. The van der Waals surface area contributed by atoms with Crippen LogP contribution in [0.15, 0.2) is 0 Å². The number of carboxylic acid groups (broad SMARTS) is 1. The molecule has 8 atom stereocenters. The number of carbonyl (C=O) groups excluding carboxylic acids is 1. The Hall–Kier alpha value is -0.763. The van der Waals surface area contributed by atoms with Crippen LogP contribution in [0.1, 0.15) is 118 Å². The molecule has 41 heavy (non-hydrogen) atoms. The molecule has 0 aromatic carbocycles. The molecule has 0 aliphatic heterocycles. The van der Waals surface area contributed by atoms with Crippen molar-refractivity contribution in [3.05, 3.63) is 0 Å². The summed E-state index contributed by atoms with van der Waals surface area (Å²) in [5.74, 6) is -0.102. The van der Waals surface area contributed by atoms with Crippen molar-refractivity contribution in [3.8, 4) is 0 Å². The molecule has 3 aliphatic rings. The van der Waals surface area contributed by atoms with Crippen LogP contribution in [0.25, 0.3) is 0 Å². The average molecular weight is 595 g/mol. The number of hydrogen-bond donors (Lipinski definition) is 1. The number of rotatable bonds is 15. The summed E-state index contributed by atoms with van der Waals surface area (Å²) in [6.07, 6.45) is 13.3. The monoisotopic (exact) mass is 594 g/mol. The maximum atomic E-state index is 14.3. The van der Waals surface area contributed by atoms with Gasteiger partial charge < -0.3 is 19.0 Å². The van der Waals surface area contributed by atoms with E-state index in [1.54, 1.807) is 7.11 Å². The summed E-state index contributed by atoms with van der Waals surface area (Å²) in [5.41, 5.74) is -0.107. The van der Waals surface area contributed by atoms with Crippen molar-refractivity contribution in [1.82, 2.24) is 0 Å². The summed E-state index contributed by atoms with van der Waals surface area (Å²) in [5, 5.41) is 10.3. The molecular weight excluding hydrogens is 532 g/mol. The number of Topliss-reactive ketones (excluding diaryl/α,β-unsaturated/α-hetero) is 1. The Bertz CT molecular complexity index is 855. The molecule has 0 radical (unpaired) electrons. The lowest BCUT2D eigenvalue weighted by Gasteiger charge is -2.52. The van der Waals surface area contributed by atoms with Crippen molar-refractivity contribution >= 4 is 20.8 Å². The van der Waals surface area contributed by atoms with Gasteiger partial charge in [0.05, 0.1) is 12.0 Å². The van der Waals surface area contributed by atoms with Crippen LogP contribution in [0, 0.1) is 45.8 Å². The molecule has 1 unspecified atom stereocenters. The van der Waals surface area contributed by atoms with Gasteiger partial charge in [-0.15, -0.1) is 0 Å². The highest BCUT2D eigenvalue weighted by molar-refractivity contribution is 6.48. The molecule has 0 saturated heterocycles. The number of unbranched alkanes of at least 4 members (excludes halogenated alkanes) is 3. The zero-order chi connectivity index (χ0) is 30.4. The van der Waals surface area contributed by atoms with Gasteiger partial charge in [-0.1, -0.05) is 60.3 Å². The minimum Gasteiger partial charge on any atom is -0.481 e. The highest BCUT2D eigenvalue weighted by Crippen LogP contribution is 2.62. The molecule has 0 amide bonds. The molecule has 0 bridgehead atoms. The first-order chi connectivity index (χ1) is 19.2. The summed E-state index contributed by atoms with van der Waals surface area (Å²) < 4.78 is 17.2. The molecule has 6 nitrogen and oxygen atoms in total. The zero-order valence-electron chi connectivity index (χ0n) is 27.6. The number of hydrogen-bond acceptors (Lipinski definition) is 5. The minimum absolute atomic E-state index is 0.000236. The van der Waals surface area contributed by atoms with Crippen LogP contribution >= 0.6 is 0 Å². The van der Waals surface area contributed by atoms with Gasteiger partial charge in [-0.25, -0.2) is 0 Å². The van der Waals surface area contributed by atoms with Gasteiger partial charge in [0, 0.05) is 25.6 Å². The number of carboxylic acids is 1. The van der Waals surface area contributed by atoms with Gasteiger partial charge >= 0.3 is 5.97 Å². The smallest absolute Gasteiger partial charge is 0.307 e. The van der Waals surface area contributed by atoms with Crippen LogP contribution in [0.3, 0.4) is 0 Å². The fourth-order valence-corrected chi connectivity index (χ4v) is 9.54. The predicted molar refractivity (Wildman–Crippen MR) is 167 cm³/mol. The zero-order valence-corrected chi connectivity index (χ0v) is 28.8. The molecule has 0 spiro atoms. The molecule has 3 fully saturated rings. The first-order valence-electron chi connectivity index (χ1n) is 16.7. The van der Waals surface area contributed by atoms with E-state index < -0.39 is 26.3 Å². The maximum Gasteiger partial charge on any atom is 0.307 e. The Balaban J connectivity index is 1.69. The Morgan fingerprint density at radius 2 is 1.66 bits per heavy atom. The largest absolute Gasteiger partial charge is 0.481 e. The van der Waals surface area contributed by atoms with Crippen LogP contribution in [-0.4, -0.2) is 52.5 Å². The number of fused-ring (bicyclic) bond motifs is 1. The number of methoxy groups -OCH3 is 1. The molecule has 1 N–H and O–H groups in total. The highest BCUT2D eigenvalue weighted by atomic mass is 28.3. The second-order valence-electron chi connectivity index (χ2n) is 15.8. The first-order valence-corrected chi connectivity index (χ1v) is 19.5. The van der Waals surface area contributed by atoms with E-state index in [0.717, 1.165) is 38.7 Å². The topological polar surface area (TPSA) is 82.1 Å². The summed E-state index contributed by atoms with van der Waals surface area (Å²) in [4.78, 5) is 26.8. The fraction of sp³-hybridized carbons (Fsp3) is 0.941. The molecule has 3 saturated carbocycles. The molecule has 0 aromatic rings. The van der Waals surface area contributed by atoms with Crippen molar-refractivity contribution < 1.29 is 28.6 Å². The molecule has 3 aliphatic carbocycles. The van der Waals surface area contributed by atoms with Crippen LogP contribution in [0.4, 0.5) is 0 Å². The number of aliphatic carboxylic acids is 1. The summed E-state index contributed by atoms with van der Waals surface area (Å²) in [7, 11) is 0.463. The van der Waals surface area contributed by atoms with Crippen molar-refractivity contribution in [2.45, 2.75) is 137 Å². The van der Waals surface area contributed by atoms with E-state index in [2.05, 4.69) is 47.7 Å². The molecule has 0 heterocycles. The van der Waals surface area contributed by atoms with Gasteiger partial charge in [-0.3, -0.25) is 9.59 Å². The predicted octanol–water partition coefficient (Wildman–Crippen LogP) is 7.88. The van der Waals surface area contributed by atoms with Gasteiger partial charge in [-0.2, -0.15) is 0 Å². The van der Waals surface area contributed by atoms with Crippen molar-refractivity contribution in [1.29, 1.82) is 0 Å². The number of carbonyl (C=O) groups is 2.